The topological polar surface area (TPSA) is 61.4 Å². The van der Waals surface area contributed by atoms with E-state index in [0.29, 0.717) is 25.2 Å². The van der Waals surface area contributed by atoms with E-state index in [4.69, 9.17) is 0 Å². The van der Waals surface area contributed by atoms with Gasteiger partial charge in [0.25, 0.3) is 0 Å². The van der Waals surface area contributed by atoms with Crippen molar-refractivity contribution in [1.82, 2.24) is 15.5 Å². The summed E-state index contributed by atoms with van der Waals surface area (Å²) in [7, 11) is 0. The van der Waals surface area contributed by atoms with Crippen LogP contribution in [0.2, 0.25) is 0 Å². The molecule has 0 spiro atoms. The van der Waals surface area contributed by atoms with E-state index >= 15 is 0 Å². The van der Waals surface area contributed by atoms with Crippen molar-refractivity contribution in [3.63, 3.8) is 0 Å². The van der Waals surface area contributed by atoms with Crippen molar-refractivity contribution in [2.45, 2.75) is 38.1 Å². The van der Waals surface area contributed by atoms with E-state index in [2.05, 4.69) is 10.6 Å². The van der Waals surface area contributed by atoms with Crippen molar-refractivity contribution in [1.29, 1.82) is 0 Å². The lowest BCUT2D eigenvalue weighted by molar-refractivity contribution is -0.134. The molecule has 2 aliphatic heterocycles. The number of nitrogens with one attached hydrogen (secondary N) is 2. The molecule has 26 heavy (non-hydrogen) atoms. The molecule has 3 atom stereocenters. The van der Waals surface area contributed by atoms with Crippen LogP contribution in [0.4, 0.5) is 8.78 Å². The summed E-state index contributed by atoms with van der Waals surface area (Å²) in [5.41, 5.74) is 0.699. The zero-order valence-corrected chi connectivity index (χ0v) is 14.9. The van der Waals surface area contributed by atoms with Crippen LogP contribution in [0.5, 0.6) is 0 Å². The fraction of sp³-hybridized carbons (Fsp3) is 0.579. The number of carbonyl (C=O) groups excluding carboxylic acids is 2. The van der Waals surface area contributed by atoms with Gasteiger partial charge in [-0.05, 0) is 43.5 Å². The number of amides is 2. The van der Waals surface area contributed by atoms with Crippen LogP contribution in [0, 0.1) is 17.6 Å². The van der Waals surface area contributed by atoms with Gasteiger partial charge in [-0.3, -0.25) is 9.59 Å². The maximum absolute atomic E-state index is 13.6. The van der Waals surface area contributed by atoms with Gasteiger partial charge in [0.05, 0.1) is 5.92 Å². The number of hydrogen-bond donors (Lipinski definition) is 2. The van der Waals surface area contributed by atoms with Gasteiger partial charge in [0, 0.05) is 38.5 Å². The summed E-state index contributed by atoms with van der Waals surface area (Å²) in [6.45, 7) is 4.00. The van der Waals surface area contributed by atoms with Gasteiger partial charge in [0.2, 0.25) is 11.8 Å². The van der Waals surface area contributed by atoms with Crippen LogP contribution in [0.1, 0.15) is 37.7 Å². The number of hydrogen-bond acceptors (Lipinski definition) is 3. The Bertz CT molecular complexity index is 683. The summed E-state index contributed by atoms with van der Waals surface area (Å²) in [5.74, 6) is -2.10. The second-order valence-electron chi connectivity index (χ2n) is 7.19. The predicted molar refractivity (Wildman–Crippen MR) is 93.5 cm³/mol. The molecule has 2 amide bonds. The minimum Gasteiger partial charge on any atom is -0.351 e. The van der Waals surface area contributed by atoms with Crippen LogP contribution in [-0.4, -0.2) is 48.9 Å². The molecule has 0 aliphatic carbocycles. The van der Waals surface area contributed by atoms with Crippen LogP contribution < -0.4 is 10.6 Å². The Balaban J connectivity index is 1.69. The first-order valence-electron chi connectivity index (χ1n) is 9.17. The third-order valence-electron chi connectivity index (χ3n) is 5.42. The summed E-state index contributed by atoms with van der Waals surface area (Å²) in [4.78, 5) is 26.0. The molecule has 1 aromatic rings. The van der Waals surface area contributed by atoms with Crippen molar-refractivity contribution in [3.05, 3.63) is 35.4 Å². The smallest absolute Gasteiger partial charge is 0.225 e. The molecule has 0 bridgehead atoms. The SMILES string of the molecule is CC(=O)N1CCCC(C(=O)NC2CNCCC2c2ccc(F)c(F)c2)C1. The molecule has 2 fully saturated rings. The Morgan fingerprint density at radius 1 is 1.23 bits per heavy atom. The minimum atomic E-state index is -0.866. The van der Waals surface area contributed by atoms with Crippen LogP contribution in [-0.2, 0) is 9.59 Å². The van der Waals surface area contributed by atoms with Gasteiger partial charge in [0.1, 0.15) is 0 Å². The largest absolute Gasteiger partial charge is 0.351 e. The average molecular weight is 365 g/mol. The fourth-order valence-electron chi connectivity index (χ4n) is 3.93. The highest BCUT2D eigenvalue weighted by molar-refractivity contribution is 5.81. The molecule has 7 heteroatoms. The number of rotatable bonds is 3. The normalized spacial score (nSPS) is 26.4. The molecule has 1 aromatic carbocycles. The van der Waals surface area contributed by atoms with Crippen molar-refractivity contribution in [2.24, 2.45) is 5.92 Å². The Hall–Kier alpha value is -2.02. The Kier molecular flexibility index (Phi) is 5.86. The molecule has 142 valence electrons. The lowest BCUT2D eigenvalue weighted by Crippen LogP contribution is -2.53. The van der Waals surface area contributed by atoms with Crippen LogP contribution >= 0.6 is 0 Å². The van der Waals surface area contributed by atoms with Crippen LogP contribution in [0.3, 0.4) is 0 Å². The monoisotopic (exact) mass is 365 g/mol. The van der Waals surface area contributed by atoms with E-state index < -0.39 is 11.6 Å². The second-order valence-corrected chi connectivity index (χ2v) is 7.19. The lowest BCUT2D eigenvalue weighted by Gasteiger charge is -2.36. The van der Waals surface area contributed by atoms with Gasteiger partial charge in [-0.15, -0.1) is 0 Å². The number of nitrogens with zero attached hydrogens (tertiary/aromatic N) is 1. The van der Waals surface area contributed by atoms with E-state index in [1.165, 1.54) is 13.0 Å². The Morgan fingerprint density at radius 2 is 2.04 bits per heavy atom. The minimum absolute atomic E-state index is 0.0125. The molecule has 3 rings (SSSR count). The summed E-state index contributed by atoms with van der Waals surface area (Å²) in [6, 6.07) is 3.76. The van der Waals surface area contributed by atoms with E-state index in [1.807, 2.05) is 0 Å². The Morgan fingerprint density at radius 3 is 2.77 bits per heavy atom. The molecule has 3 unspecified atom stereocenters. The zero-order chi connectivity index (χ0) is 18.7. The maximum Gasteiger partial charge on any atom is 0.225 e. The zero-order valence-electron chi connectivity index (χ0n) is 14.9. The van der Waals surface area contributed by atoms with Gasteiger partial charge < -0.3 is 15.5 Å². The number of benzene rings is 1. The van der Waals surface area contributed by atoms with Crippen LogP contribution in [0.15, 0.2) is 18.2 Å². The molecular formula is C19H25F2N3O2. The number of likely N-dealkylation sites (tertiary alicyclic amines) is 1. The quantitative estimate of drug-likeness (QED) is 0.859. The molecule has 2 aliphatic rings. The first-order valence-corrected chi connectivity index (χ1v) is 9.17. The van der Waals surface area contributed by atoms with E-state index in [1.54, 1.807) is 11.0 Å². The van der Waals surface area contributed by atoms with E-state index in [-0.39, 0.29) is 29.7 Å². The summed E-state index contributed by atoms with van der Waals surface area (Å²) in [5, 5.41) is 6.32. The molecule has 0 aromatic heterocycles. The first kappa shape index (κ1) is 18.8. The third-order valence-corrected chi connectivity index (χ3v) is 5.42. The molecule has 5 nitrogen and oxygen atoms in total. The van der Waals surface area contributed by atoms with Gasteiger partial charge in [-0.25, -0.2) is 8.78 Å². The highest BCUT2D eigenvalue weighted by Gasteiger charge is 2.32. The van der Waals surface area contributed by atoms with E-state index in [9.17, 15) is 18.4 Å². The average Bonchev–Trinajstić information content (AvgIpc) is 2.64. The highest BCUT2D eigenvalue weighted by atomic mass is 19.2. The summed E-state index contributed by atoms with van der Waals surface area (Å²) < 4.78 is 26.8. The van der Waals surface area contributed by atoms with E-state index in [0.717, 1.165) is 31.9 Å². The second kappa shape index (κ2) is 8.12. The van der Waals surface area contributed by atoms with Gasteiger partial charge >= 0.3 is 0 Å². The van der Waals surface area contributed by atoms with Crippen molar-refractivity contribution >= 4 is 11.8 Å². The summed E-state index contributed by atoms with van der Waals surface area (Å²) >= 11 is 0. The van der Waals surface area contributed by atoms with Crippen molar-refractivity contribution in [2.75, 3.05) is 26.2 Å². The first-order chi connectivity index (χ1) is 12.5. The number of carbonyl (C=O) groups is 2. The van der Waals surface area contributed by atoms with Gasteiger partial charge in [0.15, 0.2) is 11.6 Å². The molecule has 2 saturated heterocycles. The lowest BCUT2D eigenvalue weighted by atomic mass is 9.85. The highest BCUT2D eigenvalue weighted by Crippen LogP contribution is 2.27. The molecule has 0 saturated carbocycles. The molecule has 2 N–H and O–H groups in total. The predicted octanol–water partition coefficient (Wildman–Crippen LogP) is 1.78. The fourth-order valence-corrected chi connectivity index (χ4v) is 3.93. The molecule has 2 heterocycles. The molecule has 0 radical (unpaired) electrons. The number of halogens is 2. The standard InChI is InChI=1S/C19H25F2N3O2/c1-12(25)24-8-2-3-14(11-24)19(26)23-18-10-22-7-6-15(18)13-4-5-16(20)17(21)9-13/h4-5,9,14-15,18,22H,2-3,6-8,10-11H2,1H3,(H,23,26). The number of piperidine rings is 2. The molecular weight excluding hydrogens is 340 g/mol. The van der Waals surface area contributed by atoms with Gasteiger partial charge in [-0.2, -0.15) is 0 Å². The maximum atomic E-state index is 13.6. The van der Waals surface area contributed by atoms with Crippen LogP contribution in [0.25, 0.3) is 0 Å². The summed E-state index contributed by atoms with van der Waals surface area (Å²) in [6.07, 6.45) is 2.30. The van der Waals surface area contributed by atoms with Gasteiger partial charge in [-0.1, -0.05) is 6.07 Å². The van der Waals surface area contributed by atoms with Crippen molar-refractivity contribution < 1.29 is 18.4 Å². The van der Waals surface area contributed by atoms with Crippen molar-refractivity contribution in [3.8, 4) is 0 Å². The third kappa shape index (κ3) is 4.20. The Labute approximate surface area is 152 Å².